The van der Waals surface area contributed by atoms with E-state index in [0.717, 1.165) is 35.7 Å². The monoisotopic (exact) mass is 277 g/mol. The van der Waals surface area contributed by atoms with Crippen LogP contribution in [0.2, 0.25) is 0 Å². The predicted molar refractivity (Wildman–Crippen MR) is 73.5 cm³/mol. The Hall–Kier alpha value is -1.24. The van der Waals surface area contributed by atoms with Crippen LogP contribution < -0.4 is 4.90 Å². The zero-order valence-corrected chi connectivity index (χ0v) is 11.3. The maximum atomic E-state index is 9.73. The van der Waals surface area contributed by atoms with E-state index in [1.807, 2.05) is 5.38 Å². The molecule has 2 aliphatic rings. The minimum atomic E-state index is -0.104. The predicted octanol–water partition coefficient (Wildman–Crippen LogP) is 1.14. The minimum Gasteiger partial charge on any atom is -0.396 e. The quantitative estimate of drug-likeness (QED) is 0.892. The van der Waals surface area contributed by atoms with Crippen molar-refractivity contribution in [1.82, 2.24) is 9.97 Å². The summed E-state index contributed by atoms with van der Waals surface area (Å²) >= 11 is 1.63. The molecule has 0 spiro atoms. The summed E-state index contributed by atoms with van der Waals surface area (Å²) < 4.78 is 5.55. The molecule has 0 saturated carbocycles. The number of nitrogens with zero attached hydrogens (tertiary/aromatic N) is 3. The highest BCUT2D eigenvalue weighted by molar-refractivity contribution is 7.16. The van der Waals surface area contributed by atoms with Gasteiger partial charge in [-0.25, -0.2) is 9.97 Å². The Balaban J connectivity index is 1.73. The van der Waals surface area contributed by atoms with E-state index in [1.54, 1.807) is 17.7 Å². The minimum absolute atomic E-state index is 0.104. The summed E-state index contributed by atoms with van der Waals surface area (Å²) in [5, 5.41) is 12.9. The summed E-state index contributed by atoms with van der Waals surface area (Å²) in [5.74, 6) is 1.40. The first kappa shape index (κ1) is 11.6. The molecule has 2 aromatic rings. The fourth-order valence-corrected chi connectivity index (χ4v) is 3.97. The number of hydrogen-bond donors (Lipinski definition) is 1. The third-order valence-corrected chi connectivity index (χ3v) is 5.20. The second-order valence-corrected chi connectivity index (χ2v) is 6.34. The fourth-order valence-electron chi connectivity index (χ4n) is 3.25. The lowest BCUT2D eigenvalue weighted by atomic mass is 9.82. The first-order valence-electron chi connectivity index (χ1n) is 6.44. The zero-order valence-electron chi connectivity index (χ0n) is 10.5. The Morgan fingerprint density at radius 3 is 3.32 bits per heavy atom. The van der Waals surface area contributed by atoms with Crippen molar-refractivity contribution in [2.45, 2.75) is 0 Å². The molecule has 2 fully saturated rings. The van der Waals surface area contributed by atoms with Crippen molar-refractivity contribution >= 4 is 27.4 Å². The summed E-state index contributed by atoms with van der Waals surface area (Å²) in [6, 6.07) is 2.07. The highest BCUT2D eigenvalue weighted by Crippen LogP contribution is 2.43. The largest absolute Gasteiger partial charge is 0.396 e. The van der Waals surface area contributed by atoms with Gasteiger partial charge in [-0.1, -0.05) is 0 Å². The maximum absolute atomic E-state index is 9.73. The Kier molecular flexibility index (Phi) is 2.51. The Bertz CT molecular complexity index is 617. The van der Waals surface area contributed by atoms with Crippen molar-refractivity contribution in [3.05, 3.63) is 17.8 Å². The molecule has 0 bridgehead atoms. The smallest absolute Gasteiger partial charge is 0.140 e. The van der Waals surface area contributed by atoms with Gasteiger partial charge in [0.15, 0.2) is 0 Å². The van der Waals surface area contributed by atoms with Crippen LogP contribution in [-0.2, 0) is 4.74 Å². The van der Waals surface area contributed by atoms with Crippen molar-refractivity contribution in [2.24, 2.45) is 11.3 Å². The van der Waals surface area contributed by atoms with Crippen LogP contribution in [0.5, 0.6) is 0 Å². The highest BCUT2D eigenvalue weighted by Gasteiger charge is 2.50. The first-order chi connectivity index (χ1) is 9.32. The van der Waals surface area contributed by atoms with E-state index in [2.05, 4.69) is 20.9 Å². The summed E-state index contributed by atoms with van der Waals surface area (Å²) in [6.07, 6.45) is 1.63. The molecule has 0 amide bonds. The average molecular weight is 277 g/mol. The SMILES string of the molecule is OC[C@@]12COC[C@@H]1CN(c1ncnc3sccc13)C2. The molecule has 2 aliphatic heterocycles. The summed E-state index contributed by atoms with van der Waals surface area (Å²) in [6.45, 7) is 3.31. The van der Waals surface area contributed by atoms with Crippen molar-refractivity contribution in [1.29, 1.82) is 0 Å². The molecule has 0 aliphatic carbocycles. The fraction of sp³-hybridized carbons (Fsp3) is 0.538. The van der Waals surface area contributed by atoms with Crippen LogP contribution in [-0.4, -0.2) is 48.0 Å². The Morgan fingerprint density at radius 2 is 2.47 bits per heavy atom. The molecule has 2 aromatic heterocycles. The maximum Gasteiger partial charge on any atom is 0.140 e. The molecule has 2 atom stereocenters. The lowest BCUT2D eigenvalue weighted by molar-refractivity contribution is 0.0989. The van der Waals surface area contributed by atoms with E-state index in [0.29, 0.717) is 12.5 Å². The van der Waals surface area contributed by atoms with Gasteiger partial charge < -0.3 is 14.7 Å². The van der Waals surface area contributed by atoms with Gasteiger partial charge in [0, 0.05) is 24.4 Å². The summed E-state index contributed by atoms with van der Waals surface area (Å²) in [7, 11) is 0. The average Bonchev–Trinajstić information content (AvgIpc) is 3.11. The number of fused-ring (bicyclic) bond motifs is 2. The van der Waals surface area contributed by atoms with E-state index >= 15 is 0 Å². The van der Waals surface area contributed by atoms with Crippen molar-refractivity contribution in [3.63, 3.8) is 0 Å². The summed E-state index contributed by atoms with van der Waals surface area (Å²) in [5.41, 5.74) is -0.104. The lowest BCUT2D eigenvalue weighted by Gasteiger charge is -2.24. The van der Waals surface area contributed by atoms with Gasteiger partial charge in [0.05, 0.1) is 25.2 Å². The van der Waals surface area contributed by atoms with E-state index < -0.39 is 0 Å². The molecule has 4 heterocycles. The van der Waals surface area contributed by atoms with Gasteiger partial charge in [-0.3, -0.25) is 0 Å². The van der Waals surface area contributed by atoms with Gasteiger partial charge in [0.2, 0.25) is 0 Å². The Labute approximate surface area is 114 Å². The zero-order chi connectivity index (χ0) is 12.9. The number of rotatable bonds is 2. The van der Waals surface area contributed by atoms with Crippen LogP contribution in [0.1, 0.15) is 0 Å². The third-order valence-electron chi connectivity index (χ3n) is 4.38. The number of aromatic nitrogens is 2. The standard InChI is InChI=1S/C13H15N3O2S/c17-6-13-5-16(3-9(13)4-18-7-13)11-10-1-2-19-12(10)15-8-14-11/h1-2,8-9,17H,3-7H2/t9-,13-/m0/s1. The van der Waals surface area contributed by atoms with Gasteiger partial charge in [0.1, 0.15) is 17.0 Å². The van der Waals surface area contributed by atoms with E-state index in [-0.39, 0.29) is 12.0 Å². The van der Waals surface area contributed by atoms with Crippen LogP contribution in [0.25, 0.3) is 10.2 Å². The molecule has 2 saturated heterocycles. The second kappa shape index (κ2) is 4.13. The summed E-state index contributed by atoms with van der Waals surface area (Å²) in [4.78, 5) is 12.0. The molecule has 5 nitrogen and oxygen atoms in total. The van der Waals surface area contributed by atoms with Crippen LogP contribution >= 0.6 is 11.3 Å². The van der Waals surface area contributed by atoms with Crippen molar-refractivity contribution < 1.29 is 9.84 Å². The van der Waals surface area contributed by atoms with Gasteiger partial charge in [-0.15, -0.1) is 11.3 Å². The molecule has 0 aromatic carbocycles. The van der Waals surface area contributed by atoms with Crippen LogP contribution in [0.4, 0.5) is 5.82 Å². The van der Waals surface area contributed by atoms with Gasteiger partial charge in [0.25, 0.3) is 0 Å². The van der Waals surface area contributed by atoms with Gasteiger partial charge >= 0.3 is 0 Å². The number of aliphatic hydroxyl groups is 1. The molecular weight excluding hydrogens is 262 g/mol. The Morgan fingerprint density at radius 1 is 1.53 bits per heavy atom. The number of aliphatic hydroxyl groups excluding tert-OH is 1. The van der Waals surface area contributed by atoms with Crippen molar-refractivity contribution in [2.75, 3.05) is 37.8 Å². The normalized spacial score (nSPS) is 30.2. The molecule has 0 radical (unpaired) electrons. The number of anilines is 1. The van der Waals surface area contributed by atoms with Crippen molar-refractivity contribution in [3.8, 4) is 0 Å². The second-order valence-electron chi connectivity index (χ2n) is 5.45. The van der Waals surface area contributed by atoms with E-state index in [1.165, 1.54) is 0 Å². The van der Waals surface area contributed by atoms with Crippen LogP contribution in [0, 0.1) is 11.3 Å². The molecular formula is C13H15N3O2S. The molecule has 4 rings (SSSR count). The molecule has 1 N–H and O–H groups in total. The van der Waals surface area contributed by atoms with E-state index in [9.17, 15) is 5.11 Å². The topological polar surface area (TPSA) is 58.5 Å². The molecule has 19 heavy (non-hydrogen) atoms. The molecule has 6 heteroatoms. The van der Waals surface area contributed by atoms with Gasteiger partial charge in [-0.2, -0.15) is 0 Å². The van der Waals surface area contributed by atoms with Crippen LogP contribution in [0.15, 0.2) is 17.8 Å². The van der Waals surface area contributed by atoms with Crippen LogP contribution in [0.3, 0.4) is 0 Å². The van der Waals surface area contributed by atoms with E-state index in [4.69, 9.17) is 4.74 Å². The number of ether oxygens (including phenoxy) is 1. The molecule has 100 valence electrons. The number of thiophene rings is 1. The lowest BCUT2D eigenvalue weighted by Crippen LogP contribution is -2.34. The first-order valence-corrected chi connectivity index (χ1v) is 7.32. The van der Waals surface area contributed by atoms with Gasteiger partial charge in [-0.05, 0) is 11.4 Å². The highest BCUT2D eigenvalue weighted by atomic mass is 32.1. The molecule has 0 unspecified atom stereocenters. The number of hydrogen-bond acceptors (Lipinski definition) is 6. The third kappa shape index (κ3) is 1.60.